The van der Waals surface area contributed by atoms with Crippen molar-refractivity contribution in [1.29, 1.82) is 0 Å². The maximum Gasteiger partial charge on any atom is 0.225 e. The van der Waals surface area contributed by atoms with Crippen LogP contribution in [0, 0.1) is 6.92 Å². The zero-order valence-electron chi connectivity index (χ0n) is 10.2. The van der Waals surface area contributed by atoms with Gasteiger partial charge in [-0.3, -0.25) is 0 Å². The standard InChI is InChI=1S/C13H16ClN3/c1-3-12-15-16-13(14)17(12)9-8-11-7-5-4-6-10(11)2/h4-7H,3,8-9H2,1-2H3. The Morgan fingerprint density at radius 3 is 2.71 bits per heavy atom. The summed E-state index contributed by atoms with van der Waals surface area (Å²) in [6.45, 7) is 5.02. The van der Waals surface area contributed by atoms with Crippen molar-refractivity contribution >= 4 is 11.6 Å². The lowest BCUT2D eigenvalue weighted by molar-refractivity contribution is 0.655. The third-order valence-corrected chi connectivity index (χ3v) is 3.24. The Morgan fingerprint density at radius 1 is 1.24 bits per heavy atom. The number of hydrogen-bond donors (Lipinski definition) is 0. The minimum Gasteiger partial charge on any atom is -0.301 e. The van der Waals surface area contributed by atoms with Crippen LogP contribution in [0.3, 0.4) is 0 Å². The second-order valence-corrected chi connectivity index (χ2v) is 4.40. The van der Waals surface area contributed by atoms with Gasteiger partial charge in [0.15, 0.2) is 0 Å². The van der Waals surface area contributed by atoms with Gasteiger partial charge in [0.05, 0.1) is 0 Å². The van der Waals surface area contributed by atoms with E-state index in [-0.39, 0.29) is 0 Å². The molecule has 0 saturated heterocycles. The first-order valence-corrected chi connectivity index (χ1v) is 6.22. The topological polar surface area (TPSA) is 30.7 Å². The number of rotatable bonds is 4. The van der Waals surface area contributed by atoms with Gasteiger partial charge in [0, 0.05) is 13.0 Å². The summed E-state index contributed by atoms with van der Waals surface area (Å²) in [4.78, 5) is 0. The van der Waals surface area contributed by atoms with Crippen LogP contribution in [0.15, 0.2) is 24.3 Å². The van der Waals surface area contributed by atoms with Crippen LogP contribution in [0.2, 0.25) is 5.28 Å². The number of benzene rings is 1. The van der Waals surface area contributed by atoms with Gasteiger partial charge in [-0.25, -0.2) is 0 Å². The van der Waals surface area contributed by atoms with Crippen molar-refractivity contribution in [2.24, 2.45) is 0 Å². The lowest BCUT2D eigenvalue weighted by Crippen LogP contribution is -2.06. The molecule has 0 atom stereocenters. The third-order valence-electron chi connectivity index (χ3n) is 2.96. The van der Waals surface area contributed by atoms with Crippen molar-refractivity contribution in [3.8, 4) is 0 Å². The smallest absolute Gasteiger partial charge is 0.225 e. The fraction of sp³-hybridized carbons (Fsp3) is 0.385. The van der Waals surface area contributed by atoms with Gasteiger partial charge in [0.2, 0.25) is 5.28 Å². The van der Waals surface area contributed by atoms with Crippen LogP contribution in [-0.2, 0) is 19.4 Å². The van der Waals surface area contributed by atoms with Gasteiger partial charge < -0.3 is 4.57 Å². The van der Waals surface area contributed by atoms with E-state index in [2.05, 4.69) is 48.3 Å². The monoisotopic (exact) mass is 249 g/mol. The van der Waals surface area contributed by atoms with E-state index in [9.17, 15) is 0 Å². The molecular formula is C13H16ClN3. The maximum absolute atomic E-state index is 6.02. The molecule has 0 aliphatic heterocycles. The van der Waals surface area contributed by atoms with E-state index in [1.807, 2.05) is 4.57 Å². The number of aromatic nitrogens is 3. The van der Waals surface area contributed by atoms with Crippen molar-refractivity contribution in [2.45, 2.75) is 33.2 Å². The average molecular weight is 250 g/mol. The minimum atomic E-state index is 0.482. The second-order valence-electron chi connectivity index (χ2n) is 4.07. The number of halogens is 1. The first kappa shape index (κ1) is 12.1. The van der Waals surface area contributed by atoms with E-state index < -0.39 is 0 Å². The molecule has 0 amide bonds. The Balaban J connectivity index is 2.12. The normalized spacial score (nSPS) is 10.8. The molecule has 0 fully saturated rings. The Hall–Kier alpha value is -1.35. The number of aryl methyl sites for hydroxylation is 3. The molecule has 4 heteroatoms. The molecule has 3 nitrogen and oxygen atoms in total. The van der Waals surface area contributed by atoms with Crippen LogP contribution in [0.5, 0.6) is 0 Å². The Labute approximate surface area is 106 Å². The molecule has 1 aromatic heterocycles. The second kappa shape index (κ2) is 5.32. The minimum absolute atomic E-state index is 0.482. The zero-order valence-corrected chi connectivity index (χ0v) is 10.9. The van der Waals surface area contributed by atoms with Gasteiger partial charge in [-0.05, 0) is 36.1 Å². The molecule has 0 radical (unpaired) electrons. The molecule has 0 unspecified atom stereocenters. The van der Waals surface area contributed by atoms with E-state index >= 15 is 0 Å². The molecule has 1 aromatic carbocycles. The van der Waals surface area contributed by atoms with E-state index in [4.69, 9.17) is 11.6 Å². The summed E-state index contributed by atoms with van der Waals surface area (Å²) in [6.07, 6.45) is 1.81. The SMILES string of the molecule is CCc1nnc(Cl)n1CCc1ccccc1C. The molecule has 0 spiro atoms. The molecule has 0 saturated carbocycles. The van der Waals surface area contributed by atoms with E-state index in [1.165, 1.54) is 11.1 Å². The highest BCUT2D eigenvalue weighted by molar-refractivity contribution is 6.28. The molecule has 0 N–H and O–H groups in total. The van der Waals surface area contributed by atoms with Gasteiger partial charge in [0.1, 0.15) is 5.82 Å². The van der Waals surface area contributed by atoms with Crippen molar-refractivity contribution in [1.82, 2.24) is 14.8 Å². The molecular weight excluding hydrogens is 234 g/mol. The molecule has 0 bridgehead atoms. The van der Waals surface area contributed by atoms with Crippen LogP contribution < -0.4 is 0 Å². The first-order valence-electron chi connectivity index (χ1n) is 5.84. The van der Waals surface area contributed by atoms with Gasteiger partial charge in [0.25, 0.3) is 0 Å². The lowest BCUT2D eigenvalue weighted by atomic mass is 10.1. The maximum atomic E-state index is 6.02. The molecule has 2 aromatic rings. The van der Waals surface area contributed by atoms with Crippen LogP contribution in [-0.4, -0.2) is 14.8 Å². The Bertz CT molecular complexity index is 505. The van der Waals surface area contributed by atoms with E-state index in [0.29, 0.717) is 5.28 Å². The summed E-state index contributed by atoms with van der Waals surface area (Å²) in [5.41, 5.74) is 2.66. The highest BCUT2D eigenvalue weighted by atomic mass is 35.5. The van der Waals surface area contributed by atoms with Gasteiger partial charge in [-0.15, -0.1) is 10.2 Å². The summed E-state index contributed by atoms with van der Waals surface area (Å²) in [5, 5.41) is 8.43. The largest absolute Gasteiger partial charge is 0.301 e. The van der Waals surface area contributed by atoms with Crippen molar-refractivity contribution in [3.05, 3.63) is 46.5 Å². The van der Waals surface area contributed by atoms with E-state index in [1.54, 1.807) is 0 Å². The Kier molecular flexibility index (Phi) is 3.79. The highest BCUT2D eigenvalue weighted by Crippen LogP contribution is 2.13. The molecule has 90 valence electrons. The summed E-state index contributed by atoms with van der Waals surface area (Å²) < 4.78 is 1.98. The predicted molar refractivity (Wildman–Crippen MR) is 69.3 cm³/mol. The molecule has 2 rings (SSSR count). The van der Waals surface area contributed by atoms with Crippen LogP contribution in [0.25, 0.3) is 0 Å². The fourth-order valence-corrected chi connectivity index (χ4v) is 2.14. The number of hydrogen-bond acceptors (Lipinski definition) is 2. The highest BCUT2D eigenvalue weighted by Gasteiger charge is 2.08. The van der Waals surface area contributed by atoms with Gasteiger partial charge in [-0.2, -0.15) is 0 Å². The summed E-state index contributed by atoms with van der Waals surface area (Å²) in [7, 11) is 0. The first-order chi connectivity index (χ1) is 8.22. The molecule has 0 aliphatic carbocycles. The van der Waals surface area contributed by atoms with Crippen LogP contribution in [0.4, 0.5) is 0 Å². The third kappa shape index (κ3) is 2.67. The fourth-order valence-electron chi connectivity index (χ4n) is 1.92. The number of nitrogens with zero attached hydrogens (tertiary/aromatic N) is 3. The van der Waals surface area contributed by atoms with E-state index in [0.717, 1.165) is 25.2 Å². The molecule has 0 aliphatic rings. The summed E-state index contributed by atoms with van der Waals surface area (Å²) >= 11 is 6.02. The van der Waals surface area contributed by atoms with Crippen LogP contribution >= 0.6 is 11.6 Å². The quantitative estimate of drug-likeness (QED) is 0.834. The van der Waals surface area contributed by atoms with Crippen molar-refractivity contribution < 1.29 is 0 Å². The Morgan fingerprint density at radius 2 is 2.00 bits per heavy atom. The van der Waals surface area contributed by atoms with Gasteiger partial charge >= 0.3 is 0 Å². The molecule has 1 heterocycles. The van der Waals surface area contributed by atoms with Crippen LogP contribution in [0.1, 0.15) is 23.9 Å². The molecule has 17 heavy (non-hydrogen) atoms. The lowest BCUT2D eigenvalue weighted by Gasteiger charge is -2.08. The van der Waals surface area contributed by atoms with Gasteiger partial charge in [-0.1, -0.05) is 31.2 Å². The van der Waals surface area contributed by atoms with Crippen molar-refractivity contribution in [2.75, 3.05) is 0 Å². The summed E-state index contributed by atoms with van der Waals surface area (Å²) in [5.74, 6) is 0.948. The predicted octanol–water partition coefficient (Wildman–Crippen LogP) is 3.05. The van der Waals surface area contributed by atoms with Crippen molar-refractivity contribution in [3.63, 3.8) is 0 Å². The zero-order chi connectivity index (χ0) is 12.3. The average Bonchev–Trinajstić information content (AvgIpc) is 2.69. The summed E-state index contributed by atoms with van der Waals surface area (Å²) in [6, 6.07) is 8.40.